The molecule has 4 rings (SSSR count). The molecule has 3 heterocycles. The van der Waals surface area contributed by atoms with Gasteiger partial charge in [0.1, 0.15) is 24.4 Å². The van der Waals surface area contributed by atoms with Crippen LogP contribution in [-0.2, 0) is 9.47 Å². The highest BCUT2D eigenvalue weighted by Gasteiger charge is 2.44. The SMILES string of the molecule is COC[C@H]1O[C@@H](n2cnc3c(N=CN(C)C)nc(OC4CCCC4)nc32)[C@H](O)[C@@H]1O. The molecule has 0 bridgehead atoms. The van der Waals surface area contributed by atoms with Crippen molar-refractivity contribution in [3.05, 3.63) is 6.33 Å². The standard InChI is InChI=1S/C19H28N6O5/c1-24(2)9-21-16-13-17(23-19(22-16)29-11-6-4-5-7-11)25(10-20-13)18-15(27)14(26)12(30-18)8-28-3/h9-12,14-15,18,26-27H,4-8H2,1-3H3/t12-,14-,15-,18-/m1/s1. The van der Waals surface area contributed by atoms with Gasteiger partial charge in [0.2, 0.25) is 0 Å². The molecular weight excluding hydrogens is 392 g/mol. The number of nitrogens with zero attached hydrogens (tertiary/aromatic N) is 6. The molecule has 0 radical (unpaired) electrons. The fourth-order valence-electron chi connectivity index (χ4n) is 3.80. The van der Waals surface area contributed by atoms with Gasteiger partial charge in [0, 0.05) is 21.2 Å². The van der Waals surface area contributed by atoms with E-state index < -0.39 is 24.5 Å². The summed E-state index contributed by atoms with van der Waals surface area (Å²) in [7, 11) is 5.23. The van der Waals surface area contributed by atoms with Crippen molar-refractivity contribution in [2.24, 2.45) is 4.99 Å². The maximum Gasteiger partial charge on any atom is 0.320 e. The summed E-state index contributed by atoms with van der Waals surface area (Å²) in [5.41, 5.74) is 0.866. The summed E-state index contributed by atoms with van der Waals surface area (Å²) in [6.07, 6.45) is 3.60. The van der Waals surface area contributed by atoms with E-state index in [4.69, 9.17) is 14.2 Å². The van der Waals surface area contributed by atoms with Crippen LogP contribution in [0.2, 0.25) is 0 Å². The quantitative estimate of drug-likeness (QED) is 0.490. The van der Waals surface area contributed by atoms with Crippen LogP contribution in [0.25, 0.3) is 11.2 Å². The van der Waals surface area contributed by atoms with Crippen LogP contribution >= 0.6 is 0 Å². The van der Waals surface area contributed by atoms with Crippen molar-refractivity contribution in [3.8, 4) is 6.01 Å². The molecule has 1 saturated carbocycles. The summed E-state index contributed by atoms with van der Waals surface area (Å²) in [5.74, 6) is 0.363. The average Bonchev–Trinajstić information content (AvgIpc) is 3.43. The molecule has 2 aromatic heterocycles. The Morgan fingerprint density at radius 2 is 2.03 bits per heavy atom. The lowest BCUT2D eigenvalue weighted by Gasteiger charge is -2.17. The number of aliphatic imine (C=N–C) groups is 1. The first-order valence-electron chi connectivity index (χ1n) is 10.1. The number of aliphatic hydroxyl groups is 2. The Kier molecular flexibility index (Phi) is 6.14. The third-order valence-electron chi connectivity index (χ3n) is 5.31. The van der Waals surface area contributed by atoms with Gasteiger partial charge in [-0.15, -0.1) is 0 Å². The third-order valence-corrected chi connectivity index (χ3v) is 5.31. The van der Waals surface area contributed by atoms with Crippen LogP contribution in [-0.4, -0.2) is 93.2 Å². The molecule has 30 heavy (non-hydrogen) atoms. The molecule has 11 nitrogen and oxygen atoms in total. The molecule has 164 valence electrons. The molecule has 0 spiro atoms. The minimum Gasteiger partial charge on any atom is -0.460 e. The van der Waals surface area contributed by atoms with Gasteiger partial charge in [-0.3, -0.25) is 4.57 Å². The van der Waals surface area contributed by atoms with Crippen molar-refractivity contribution in [2.75, 3.05) is 27.8 Å². The Labute approximate surface area is 174 Å². The highest BCUT2D eigenvalue weighted by molar-refractivity contribution is 5.83. The van der Waals surface area contributed by atoms with Crippen LogP contribution in [0.3, 0.4) is 0 Å². The summed E-state index contributed by atoms with van der Waals surface area (Å²) in [6, 6.07) is 0.212. The molecule has 0 amide bonds. The average molecular weight is 420 g/mol. The number of aliphatic hydroxyl groups excluding tert-OH is 2. The Morgan fingerprint density at radius 1 is 1.27 bits per heavy atom. The molecular formula is C19H28N6O5. The van der Waals surface area contributed by atoms with Gasteiger partial charge in [0.15, 0.2) is 23.2 Å². The van der Waals surface area contributed by atoms with Crippen molar-refractivity contribution in [2.45, 2.75) is 56.3 Å². The summed E-state index contributed by atoms with van der Waals surface area (Å²) >= 11 is 0. The number of aromatic nitrogens is 4. The lowest BCUT2D eigenvalue weighted by atomic mass is 10.1. The third kappa shape index (κ3) is 4.10. The van der Waals surface area contributed by atoms with Crippen molar-refractivity contribution in [1.29, 1.82) is 0 Å². The summed E-state index contributed by atoms with van der Waals surface area (Å²) < 4.78 is 18.5. The largest absolute Gasteiger partial charge is 0.460 e. The summed E-state index contributed by atoms with van der Waals surface area (Å²) in [6.45, 7) is 0.157. The van der Waals surface area contributed by atoms with E-state index >= 15 is 0 Å². The second kappa shape index (κ2) is 8.80. The maximum absolute atomic E-state index is 10.5. The molecule has 1 aliphatic carbocycles. The molecule has 2 fully saturated rings. The molecule has 0 unspecified atom stereocenters. The molecule has 4 atom stereocenters. The van der Waals surface area contributed by atoms with Crippen molar-refractivity contribution < 1.29 is 24.4 Å². The van der Waals surface area contributed by atoms with Crippen LogP contribution in [0, 0.1) is 0 Å². The Balaban J connectivity index is 1.72. The zero-order chi connectivity index (χ0) is 21.3. The van der Waals surface area contributed by atoms with Gasteiger partial charge in [-0.25, -0.2) is 9.98 Å². The first-order valence-corrected chi connectivity index (χ1v) is 10.1. The molecule has 1 aliphatic heterocycles. The van der Waals surface area contributed by atoms with E-state index in [2.05, 4.69) is 19.9 Å². The maximum atomic E-state index is 10.5. The molecule has 2 N–H and O–H groups in total. The molecule has 1 saturated heterocycles. The number of hydrogen-bond donors (Lipinski definition) is 2. The van der Waals surface area contributed by atoms with E-state index in [0.29, 0.717) is 17.0 Å². The Morgan fingerprint density at radius 3 is 2.73 bits per heavy atom. The van der Waals surface area contributed by atoms with E-state index in [1.54, 1.807) is 15.8 Å². The van der Waals surface area contributed by atoms with Crippen LogP contribution in [0.15, 0.2) is 11.3 Å². The van der Waals surface area contributed by atoms with Gasteiger partial charge in [0.25, 0.3) is 0 Å². The zero-order valence-corrected chi connectivity index (χ0v) is 17.4. The first kappa shape index (κ1) is 20.9. The fourth-order valence-corrected chi connectivity index (χ4v) is 3.80. The minimum absolute atomic E-state index is 0.0747. The molecule has 2 aromatic rings. The number of fused-ring (bicyclic) bond motifs is 1. The Hall–Kier alpha value is -2.34. The number of hydrogen-bond acceptors (Lipinski definition) is 9. The van der Waals surface area contributed by atoms with Gasteiger partial charge < -0.3 is 29.3 Å². The van der Waals surface area contributed by atoms with E-state index in [0.717, 1.165) is 25.7 Å². The second-order valence-corrected chi connectivity index (χ2v) is 7.89. The first-order chi connectivity index (χ1) is 14.5. The van der Waals surface area contributed by atoms with Crippen LogP contribution < -0.4 is 4.74 Å². The zero-order valence-electron chi connectivity index (χ0n) is 17.4. The molecule has 2 aliphatic rings. The van der Waals surface area contributed by atoms with E-state index in [1.807, 2.05) is 14.1 Å². The van der Waals surface area contributed by atoms with Gasteiger partial charge in [-0.2, -0.15) is 9.97 Å². The smallest absolute Gasteiger partial charge is 0.320 e. The monoisotopic (exact) mass is 420 g/mol. The summed E-state index contributed by atoms with van der Waals surface area (Å²) in [4.78, 5) is 19.6. The lowest BCUT2D eigenvalue weighted by molar-refractivity contribution is -0.0580. The topological polar surface area (TPSA) is 127 Å². The van der Waals surface area contributed by atoms with Gasteiger partial charge >= 0.3 is 6.01 Å². The van der Waals surface area contributed by atoms with Gasteiger partial charge in [-0.1, -0.05) is 0 Å². The van der Waals surface area contributed by atoms with Gasteiger partial charge in [-0.05, 0) is 25.7 Å². The van der Waals surface area contributed by atoms with Gasteiger partial charge in [0.05, 0.1) is 19.3 Å². The Bertz CT molecular complexity index is 897. The fraction of sp³-hybridized carbons (Fsp3) is 0.684. The highest BCUT2D eigenvalue weighted by Crippen LogP contribution is 2.34. The summed E-state index contributed by atoms with van der Waals surface area (Å²) in [5, 5.41) is 20.8. The highest BCUT2D eigenvalue weighted by atomic mass is 16.6. The normalized spacial score (nSPS) is 27.5. The minimum atomic E-state index is -1.16. The van der Waals surface area contributed by atoms with Crippen LogP contribution in [0.5, 0.6) is 6.01 Å². The number of imidazole rings is 1. The predicted octanol–water partition coefficient (Wildman–Crippen LogP) is 0.635. The van der Waals surface area contributed by atoms with Crippen molar-refractivity contribution in [3.63, 3.8) is 0 Å². The van der Waals surface area contributed by atoms with E-state index in [9.17, 15) is 10.2 Å². The number of ether oxygens (including phenoxy) is 3. The number of rotatable bonds is 7. The van der Waals surface area contributed by atoms with Crippen molar-refractivity contribution in [1.82, 2.24) is 24.4 Å². The van der Waals surface area contributed by atoms with E-state index in [-0.39, 0.29) is 18.7 Å². The van der Waals surface area contributed by atoms with Crippen molar-refractivity contribution >= 4 is 23.3 Å². The predicted molar refractivity (Wildman–Crippen MR) is 108 cm³/mol. The lowest BCUT2D eigenvalue weighted by Crippen LogP contribution is -2.33. The van der Waals surface area contributed by atoms with Crippen LogP contribution in [0.4, 0.5) is 5.82 Å². The number of methoxy groups -OCH3 is 1. The van der Waals surface area contributed by atoms with Crippen LogP contribution in [0.1, 0.15) is 31.9 Å². The molecule has 0 aromatic carbocycles. The van der Waals surface area contributed by atoms with E-state index in [1.165, 1.54) is 13.4 Å². The molecule has 11 heteroatoms. The second-order valence-electron chi connectivity index (χ2n) is 7.89.